The Morgan fingerprint density at radius 1 is 0.541 bits per heavy atom. The minimum Gasteiger partial charge on any atom is -0.333 e. The number of nitrogens with zero attached hydrogens (tertiary/aromatic N) is 4. The highest BCUT2D eigenvalue weighted by Crippen LogP contribution is 2.41. The molecule has 2 aliphatic rings. The van der Waals surface area contributed by atoms with E-state index in [1.807, 2.05) is 12.4 Å². The van der Waals surface area contributed by atoms with Gasteiger partial charge in [-0.2, -0.15) is 0 Å². The SMILES string of the molecule is Cc1ccccc1N(c1ccccc1C)C1C=CC(c2cncc(-c3cc(-n4c5c(c6ccccc64)C=CC(C)C5)cc(-n4c5ccccc5c5ccccc54)c3)c2)=CC1C. The minimum atomic E-state index is 0.146. The zero-order valence-corrected chi connectivity index (χ0v) is 35.1. The highest BCUT2D eigenvalue weighted by molar-refractivity contribution is 6.09. The summed E-state index contributed by atoms with van der Waals surface area (Å²) >= 11 is 0. The van der Waals surface area contributed by atoms with Crippen molar-refractivity contribution in [2.45, 2.75) is 40.2 Å². The first-order valence-electron chi connectivity index (χ1n) is 21.6. The van der Waals surface area contributed by atoms with E-state index in [-0.39, 0.29) is 12.0 Å². The van der Waals surface area contributed by atoms with Crippen molar-refractivity contribution in [1.82, 2.24) is 14.1 Å². The molecule has 4 heteroatoms. The van der Waals surface area contributed by atoms with Crippen LogP contribution in [0.2, 0.25) is 0 Å². The van der Waals surface area contributed by atoms with Crippen molar-refractivity contribution < 1.29 is 0 Å². The van der Waals surface area contributed by atoms with Gasteiger partial charge >= 0.3 is 0 Å². The third-order valence-corrected chi connectivity index (χ3v) is 13.0. The van der Waals surface area contributed by atoms with Gasteiger partial charge in [0.25, 0.3) is 0 Å². The largest absolute Gasteiger partial charge is 0.333 e. The second-order valence-corrected chi connectivity index (χ2v) is 17.1. The molecule has 2 aliphatic carbocycles. The van der Waals surface area contributed by atoms with Gasteiger partial charge in [0.1, 0.15) is 0 Å². The maximum atomic E-state index is 4.94. The summed E-state index contributed by atoms with van der Waals surface area (Å²) in [6, 6.07) is 53.5. The van der Waals surface area contributed by atoms with E-state index in [0.717, 1.165) is 34.5 Å². The number of pyridine rings is 1. The number of hydrogen-bond acceptors (Lipinski definition) is 2. The molecule has 0 bridgehead atoms. The van der Waals surface area contributed by atoms with Gasteiger partial charge in [0.2, 0.25) is 0 Å². The zero-order valence-electron chi connectivity index (χ0n) is 35.1. The Labute approximate surface area is 358 Å². The first-order chi connectivity index (χ1) is 29.9. The molecule has 0 amide bonds. The summed E-state index contributed by atoms with van der Waals surface area (Å²) in [5.74, 6) is 0.688. The van der Waals surface area contributed by atoms with Gasteiger partial charge < -0.3 is 14.0 Å². The van der Waals surface area contributed by atoms with Crippen LogP contribution in [0.4, 0.5) is 11.4 Å². The van der Waals surface area contributed by atoms with Crippen LogP contribution >= 0.6 is 0 Å². The number of aromatic nitrogens is 3. The number of aryl methyl sites for hydroxylation is 2. The van der Waals surface area contributed by atoms with Gasteiger partial charge in [-0.3, -0.25) is 4.98 Å². The third-order valence-electron chi connectivity index (χ3n) is 13.0. The van der Waals surface area contributed by atoms with Gasteiger partial charge in [-0.1, -0.05) is 135 Å². The van der Waals surface area contributed by atoms with Crippen LogP contribution in [0.15, 0.2) is 182 Å². The molecule has 296 valence electrons. The molecule has 0 aliphatic heterocycles. The van der Waals surface area contributed by atoms with Crippen LogP contribution in [-0.4, -0.2) is 20.2 Å². The fraction of sp³-hybridized carbons (Fsp3) is 0.140. The van der Waals surface area contributed by atoms with Crippen molar-refractivity contribution >= 4 is 55.7 Å². The summed E-state index contributed by atoms with van der Waals surface area (Å²) in [6.07, 6.45) is 16.9. The first kappa shape index (κ1) is 36.9. The second kappa shape index (κ2) is 14.8. The zero-order chi connectivity index (χ0) is 41.2. The van der Waals surface area contributed by atoms with Crippen LogP contribution < -0.4 is 4.90 Å². The van der Waals surface area contributed by atoms with Crippen LogP contribution in [-0.2, 0) is 6.42 Å². The standard InChI is InChI=1S/C57H48N4/c1-37-25-27-50-49-19-9-14-24-56(49)60(57(50)29-37)46-33-42(32-45(34-46)59-54-22-12-7-17-47(54)48-18-8-13-23-55(48)59)44-31-43(35-58-36-44)41-26-28-53(40(4)30-41)61(51-20-10-5-15-38(51)2)52-21-11-6-16-39(52)3/h5-28,30-37,40,53H,29H2,1-4H3. The molecule has 3 atom stereocenters. The molecule has 3 aromatic heterocycles. The Kier molecular flexibility index (Phi) is 8.96. The molecule has 3 heterocycles. The molecule has 0 N–H and O–H groups in total. The van der Waals surface area contributed by atoms with Crippen LogP contribution in [0.25, 0.3) is 66.9 Å². The van der Waals surface area contributed by atoms with E-state index in [4.69, 9.17) is 4.98 Å². The summed E-state index contributed by atoms with van der Waals surface area (Å²) in [5, 5.41) is 3.80. The minimum absolute atomic E-state index is 0.146. The highest BCUT2D eigenvalue weighted by atomic mass is 15.2. The normalized spacial score (nSPS) is 17.2. The average molecular weight is 789 g/mol. The Morgan fingerprint density at radius 3 is 1.74 bits per heavy atom. The summed E-state index contributed by atoms with van der Waals surface area (Å²) in [5.41, 5.74) is 18.1. The third kappa shape index (κ3) is 6.25. The van der Waals surface area contributed by atoms with Gasteiger partial charge in [-0.15, -0.1) is 0 Å². The number of para-hydroxylation sites is 5. The molecule has 0 saturated carbocycles. The van der Waals surface area contributed by atoms with E-state index in [9.17, 15) is 0 Å². The molecule has 0 fully saturated rings. The number of anilines is 2. The Balaban J connectivity index is 1.06. The van der Waals surface area contributed by atoms with Crippen molar-refractivity contribution in [3.05, 3.63) is 210 Å². The Hall–Kier alpha value is -7.17. The second-order valence-electron chi connectivity index (χ2n) is 17.1. The maximum Gasteiger partial charge on any atom is 0.0586 e. The summed E-state index contributed by atoms with van der Waals surface area (Å²) in [6.45, 7) is 9.08. The number of rotatable bonds is 7. The van der Waals surface area contributed by atoms with Crippen LogP contribution in [0.1, 0.15) is 41.8 Å². The van der Waals surface area contributed by atoms with E-state index < -0.39 is 0 Å². The number of benzene rings is 6. The van der Waals surface area contributed by atoms with Gasteiger partial charge in [0.05, 0.1) is 22.6 Å². The fourth-order valence-corrected chi connectivity index (χ4v) is 10.1. The van der Waals surface area contributed by atoms with E-state index >= 15 is 0 Å². The fourth-order valence-electron chi connectivity index (χ4n) is 10.1. The average Bonchev–Trinajstić information content (AvgIpc) is 3.80. The Morgan fingerprint density at radius 2 is 1.10 bits per heavy atom. The van der Waals surface area contributed by atoms with Crippen molar-refractivity contribution in [3.63, 3.8) is 0 Å². The lowest BCUT2D eigenvalue weighted by atomic mass is 9.87. The quantitative estimate of drug-likeness (QED) is 0.161. The molecular formula is C57H48N4. The van der Waals surface area contributed by atoms with Crippen LogP contribution in [0.5, 0.6) is 0 Å². The maximum absolute atomic E-state index is 4.94. The lowest BCUT2D eigenvalue weighted by molar-refractivity contribution is 0.610. The number of hydrogen-bond donors (Lipinski definition) is 0. The summed E-state index contributed by atoms with van der Waals surface area (Å²) in [4.78, 5) is 7.46. The van der Waals surface area contributed by atoms with Crippen LogP contribution in [0, 0.1) is 25.7 Å². The highest BCUT2D eigenvalue weighted by Gasteiger charge is 2.28. The topological polar surface area (TPSA) is 26.0 Å². The molecular weight excluding hydrogens is 741 g/mol. The molecule has 0 radical (unpaired) electrons. The van der Waals surface area contributed by atoms with Crippen molar-refractivity contribution in [3.8, 4) is 22.5 Å². The van der Waals surface area contributed by atoms with Gasteiger partial charge in [-0.25, -0.2) is 0 Å². The number of fused-ring (bicyclic) bond motifs is 6. The lowest BCUT2D eigenvalue weighted by Crippen LogP contribution is -2.36. The predicted octanol–water partition coefficient (Wildman–Crippen LogP) is 14.4. The molecule has 0 spiro atoms. The molecule has 11 rings (SSSR count). The van der Waals surface area contributed by atoms with Crippen molar-refractivity contribution in [2.24, 2.45) is 11.8 Å². The van der Waals surface area contributed by atoms with Crippen molar-refractivity contribution in [2.75, 3.05) is 4.90 Å². The van der Waals surface area contributed by atoms with Crippen LogP contribution in [0.3, 0.4) is 0 Å². The van der Waals surface area contributed by atoms with Crippen molar-refractivity contribution in [1.29, 1.82) is 0 Å². The summed E-state index contributed by atoms with van der Waals surface area (Å²) in [7, 11) is 0. The smallest absolute Gasteiger partial charge is 0.0586 e. The first-order valence-corrected chi connectivity index (χ1v) is 21.6. The molecule has 6 aromatic carbocycles. The van der Waals surface area contributed by atoms with E-state index in [2.05, 4.69) is 218 Å². The Bertz CT molecular complexity index is 3160. The van der Waals surface area contributed by atoms with Gasteiger partial charge in [-0.05, 0) is 109 Å². The monoisotopic (exact) mass is 788 g/mol. The predicted molar refractivity (Wildman–Crippen MR) is 257 cm³/mol. The van der Waals surface area contributed by atoms with Gasteiger partial charge in [0, 0.05) is 73.7 Å². The van der Waals surface area contributed by atoms with E-state index in [0.29, 0.717) is 5.92 Å². The molecule has 0 saturated heterocycles. The van der Waals surface area contributed by atoms with Gasteiger partial charge in [0.15, 0.2) is 0 Å². The lowest BCUT2D eigenvalue weighted by Gasteiger charge is -2.38. The molecule has 9 aromatic rings. The number of allylic oxidation sites excluding steroid dienone is 3. The van der Waals surface area contributed by atoms with E-state index in [1.165, 1.54) is 72.0 Å². The van der Waals surface area contributed by atoms with E-state index in [1.54, 1.807) is 0 Å². The molecule has 3 unspecified atom stereocenters. The summed E-state index contributed by atoms with van der Waals surface area (Å²) < 4.78 is 4.96. The molecule has 4 nitrogen and oxygen atoms in total. The molecule has 61 heavy (non-hydrogen) atoms.